The molecule has 2 heterocycles. The number of thiophene rings is 1. The molecule has 4 rings (SSSR count). The first-order valence-electron chi connectivity index (χ1n) is 8.44. The molecule has 0 saturated heterocycles. The Balaban J connectivity index is 1.78. The number of hydrogen-bond acceptors (Lipinski definition) is 6. The molecule has 1 aliphatic heterocycles. The van der Waals surface area contributed by atoms with Crippen molar-refractivity contribution in [2.24, 2.45) is 4.99 Å². The van der Waals surface area contributed by atoms with E-state index in [0.29, 0.717) is 27.0 Å². The Labute approximate surface area is 170 Å². The zero-order chi connectivity index (χ0) is 19.8. The van der Waals surface area contributed by atoms with Crippen LogP contribution < -0.4 is 9.47 Å². The van der Waals surface area contributed by atoms with Crippen molar-refractivity contribution in [1.29, 1.82) is 0 Å². The number of aryl methyl sites for hydroxylation is 1. The average Bonchev–Trinajstić information content (AvgIpc) is 3.21. The summed E-state index contributed by atoms with van der Waals surface area (Å²) in [6, 6.07) is 11.4. The fourth-order valence-electron chi connectivity index (χ4n) is 2.99. The molecule has 2 aromatic carbocycles. The number of cyclic esters (lactones) is 1. The molecule has 0 aliphatic carbocycles. The van der Waals surface area contributed by atoms with Crippen LogP contribution in [-0.4, -0.2) is 26.1 Å². The molecular formula is C21H16ClNO4S. The number of halogens is 1. The van der Waals surface area contributed by atoms with E-state index >= 15 is 0 Å². The molecule has 0 unspecified atom stereocenters. The van der Waals surface area contributed by atoms with E-state index in [9.17, 15) is 4.79 Å². The Morgan fingerprint density at radius 3 is 2.75 bits per heavy atom. The first kappa shape index (κ1) is 18.5. The van der Waals surface area contributed by atoms with Crippen LogP contribution in [-0.2, 0) is 9.53 Å². The van der Waals surface area contributed by atoms with Crippen LogP contribution in [0.4, 0.5) is 0 Å². The number of rotatable bonds is 4. The second-order valence-electron chi connectivity index (χ2n) is 6.16. The molecule has 0 amide bonds. The Kier molecular flexibility index (Phi) is 4.83. The molecule has 5 nitrogen and oxygen atoms in total. The van der Waals surface area contributed by atoms with Gasteiger partial charge >= 0.3 is 5.97 Å². The minimum atomic E-state index is -0.537. The predicted molar refractivity (Wildman–Crippen MR) is 112 cm³/mol. The molecule has 0 fully saturated rings. The Morgan fingerprint density at radius 2 is 2.00 bits per heavy atom. The van der Waals surface area contributed by atoms with Gasteiger partial charge in [-0.05, 0) is 30.7 Å². The number of methoxy groups -OCH3 is 2. The first-order valence-corrected chi connectivity index (χ1v) is 9.64. The molecular weight excluding hydrogens is 398 g/mol. The van der Waals surface area contributed by atoms with Crippen LogP contribution >= 0.6 is 22.9 Å². The summed E-state index contributed by atoms with van der Waals surface area (Å²) < 4.78 is 17.1. The van der Waals surface area contributed by atoms with Crippen LogP contribution in [0.15, 0.2) is 47.1 Å². The summed E-state index contributed by atoms with van der Waals surface area (Å²) in [5.74, 6) is 0.756. The molecule has 0 spiro atoms. The van der Waals surface area contributed by atoms with E-state index in [1.165, 1.54) is 11.3 Å². The summed E-state index contributed by atoms with van der Waals surface area (Å²) in [4.78, 5) is 17.4. The zero-order valence-corrected chi connectivity index (χ0v) is 17.0. The molecule has 0 N–H and O–H groups in total. The van der Waals surface area contributed by atoms with Gasteiger partial charge < -0.3 is 14.2 Å². The summed E-state index contributed by atoms with van der Waals surface area (Å²) in [5.41, 5.74) is 1.97. The van der Waals surface area contributed by atoms with Crippen molar-refractivity contribution in [2.45, 2.75) is 6.92 Å². The average molecular weight is 414 g/mol. The summed E-state index contributed by atoms with van der Waals surface area (Å²) in [7, 11) is 3.10. The van der Waals surface area contributed by atoms with E-state index in [4.69, 9.17) is 25.8 Å². The molecule has 142 valence electrons. The number of benzene rings is 2. The Hall–Kier alpha value is -2.83. The number of aliphatic imine (C=N–C) groups is 1. The Bertz CT molecular complexity index is 1160. The van der Waals surface area contributed by atoms with Crippen LogP contribution in [0, 0.1) is 6.92 Å². The highest BCUT2D eigenvalue weighted by Crippen LogP contribution is 2.38. The van der Waals surface area contributed by atoms with Crippen LogP contribution in [0.3, 0.4) is 0 Å². The molecule has 1 aromatic heterocycles. The lowest BCUT2D eigenvalue weighted by atomic mass is 10.1. The van der Waals surface area contributed by atoms with Crippen LogP contribution in [0.2, 0.25) is 5.02 Å². The number of esters is 1. The maximum Gasteiger partial charge on any atom is 0.363 e. The lowest BCUT2D eigenvalue weighted by Gasteiger charge is -2.09. The molecule has 0 radical (unpaired) electrons. The first-order chi connectivity index (χ1) is 13.5. The monoisotopic (exact) mass is 413 g/mol. The van der Waals surface area contributed by atoms with E-state index in [2.05, 4.69) is 4.99 Å². The molecule has 0 bridgehead atoms. The van der Waals surface area contributed by atoms with E-state index in [0.717, 1.165) is 15.6 Å². The number of carbonyl (C=O) groups is 1. The SMILES string of the molecule is COc1cccc(/C=C2\N=C(c3sc4cc(C)ccc4c3Cl)OC2=O)c1OC. The van der Waals surface area contributed by atoms with Gasteiger partial charge in [-0.3, -0.25) is 0 Å². The molecule has 1 aliphatic rings. The van der Waals surface area contributed by atoms with Crippen molar-refractivity contribution in [3.8, 4) is 11.5 Å². The second kappa shape index (κ2) is 7.30. The Morgan fingerprint density at radius 1 is 1.18 bits per heavy atom. The topological polar surface area (TPSA) is 57.1 Å². The third-order valence-corrected chi connectivity index (χ3v) is 5.97. The molecule has 28 heavy (non-hydrogen) atoms. The number of fused-ring (bicyclic) bond motifs is 1. The maximum atomic E-state index is 12.4. The van der Waals surface area contributed by atoms with E-state index in [-0.39, 0.29) is 11.6 Å². The lowest BCUT2D eigenvalue weighted by molar-refractivity contribution is -0.129. The number of carbonyl (C=O) groups excluding carboxylic acids is 1. The maximum absolute atomic E-state index is 12.4. The quantitative estimate of drug-likeness (QED) is 0.434. The molecule has 0 saturated carbocycles. The lowest BCUT2D eigenvalue weighted by Crippen LogP contribution is -2.04. The van der Waals surface area contributed by atoms with Gasteiger partial charge in [0.25, 0.3) is 0 Å². The predicted octanol–water partition coefficient (Wildman–Crippen LogP) is 5.22. The van der Waals surface area contributed by atoms with Gasteiger partial charge in [0.15, 0.2) is 17.2 Å². The number of nitrogens with zero attached hydrogens (tertiary/aromatic N) is 1. The van der Waals surface area contributed by atoms with Crippen molar-refractivity contribution in [3.63, 3.8) is 0 Å². The van der Waals surface area contributed by atoms with Crippen molar-refractivity contribution in [2.75, 3.05) is 14.2 Å². The molecule has 0 atom stereocenters. The smallest absolute Gasteiger partial charge is 0.363 e. The van der Waals surface area contributed by atoms with Crippen molar-refractivity contribution < 1.29 is 19.0 Å². The fraction of sp³-hybridized carbons (Fsp3) is 0.143. The highest BCUT2D eigenvalue weighted by Gasteiger charge is 2.28. The van der Waals surface area contributed by atoms with E-state index in [1.807, 2.05) is 37.3 Å². The van der Waals surface area contributed by atoms with Crippen molar-refractivity contribution in [3.05, 3.63) is 63.1 Å². The third kappa shape index (κ3) is 3.15. The number of para-hydroxylation sites is 1. The zero-order valence-electron chi connectivity index (χ0n) is 15.4. The van der Waals surface area contributed by atoms with Gasteiger partial charge in [0.1, 0.15) is 4.88 Å². The summed E-state index contributed by atoms with van der Waals surface area (Å²) >= 11 is 7.96. The molecule has 7 heteroatoms. The largest absolute Gasteiger partial charge is 0.493 e. The van der Waals surface area contributed by atoms with Crippen LogP contribution in [0.1, 0.15) is 16.0 Å². The minimum absolute atomic E-state index is 0.172. The fourth-order valence-corrected chi connectivity index (χ4v) is 4.53. The minimum Gasteiger partial charge on any atom is -0.493 e. The van der Waals surface area contributed by atoms with Gasteiger partial charge in [0.2, 0.25) is 5.90 Å². The summed E-state index contributed by atoms with van der Waals surface area (Å²) in [6.45, 7) is 2.02. The van der Waals surface area contributed by atoms with Crippen LogP contribution in [0.5, 0.6) is 11.5 Å². The van der Waals surface area contributed by atoms with Gasteiger partial charge in [-0.25, -0.2) is 9.79 Å². The highest BCUT2D eigenvalue weighted by molar-refractivity contribution is 7.21. The van der Waals surface area contributed by atoms with E-state index < -0.39 is 5.97 Å². The van der Waals surface area contributed by atoms with Gasteiger partial charge in [-0.15, -0.1) is 11.3 Å². The molecule has 3 aromatic rings. The van der Waals surface area contributed by atoms with Crippen molar-refractivity contribution >= 4 is 51.0 Å². The standard InChI is InChI=1S/C21H16ClNO4S/c1-11-7-8-13-16(9-11)28-19(17(13)22)20-23-14(21(24)27-20)10-12-5-4-6-15(25-2)18(12)26-3/h4-10H,1-3H3/b14-10-. The van der Waals surface area contributed by atoms with Gasteiger partial charge in [0, 0.05) is 15.6 Å². The van der Waals surface area contributed by atoms with Gasteiger partial charge in [-0.1, -0.05) is 35.9 Å². The third-order valence-electron chi connectivity index (χ3n) is 4.33. The van der Waals surface area contributed by atoms with E-state index in [1.54, 1.807) is 26.4 Å². The normalized spacial score (nSPS) is 15.1. The van der Waals surface area contributed by atoms with Crippen LogP contribution in [0.25, 0.3) is 16.2 Å². The highest BCUT2D eigenvalue weighted by atomic mass is 35.5. The van der Waals surface area contributed by atoms with Gasteiger partial charge in [-0.2, -0.15) is 0 Å². The second-order valence-corrected chi connectivity index (χ2v) is 7.59. The summed E-state index contributed by atoms with van der Waals surface area (Å²) in [5, 5.41) is 1.45. The van der Waals surface area contributed by atoms with Gasteiger partial charge in [0.05, 0.1) is 19.2 Å². The summed E-state index contributed by atoms with van der Waals surface area (Å²) in [6.07, 6.45) is 1.61. The number of ether oxygens (including phenoxy) is 3. The van der Waals surface area contributed by atoms with Crippen molar-refractivity contribution in [1.82, 2.24) is 0 Å². The number of hydrogen-bond donors (Lipinski definition) is 0.